The first-order valence-corrected chi connectivity index (χ1v) is 6.73. The minimum Gasteiger partial charge on any atom is -0.338 e. The average molecular weight is 322 g/mol. The largest absolute Gasteiger partial charge is 0.338 e. The van der Waals surface area contributed by atoms with Crippen molar-refractivity contribution < 1.29 is 0 Å². The molecule has 0 fully saturated rings. The molecule has 0 unspecified atom stereocenters. The number of nitrogens with zero attached hydrogens (tertiary/aromatic N) is 1. The second-order valence-corrected chi connectivity index (χ2v) is 5.45. The van der Waals surface area contributed by atoms with E-state index in [1.165, 1.54) is 5.56 Å². The fraction of sp³-hybridized carbons (Fsp3) is 0.0714. The van der Waals surface area contributed by atoms with Crippen molar-refractivity contribution in [1.82, 2.24) is 9.97 Å². The van der Waals surface area contributed by atoms with Gasteiger partial charge in [-0.15, -0.1) is 0 Å². The van der Waals surface area contributed by atoms with E-state index in [0.29, 0.717) is 5.02 Å². The predicted molar refractivity (Wildman–Crippen MR) is 79.0 cm³/mol. The van der Waals surface area contributed by atoms with E-state index in [-0.39, 0.29) is 0 Å². The van der Waals surface area contributed by atoms with Gasteiger partial charge in [0.05, 0.1) is 10.5 Å². The summed E-state index contributed by atoms with van der Waals surface area (Å²) in [5.74, 6) is 0.832. The van der Waals surface area contributed by atoms with Crippen molar-refractivity contribution in [3.05, 3.63) is 51.5 Å². The summed E-state index contributed by atoms with van der Waals surface area (Å²) in [6, 6.07) is 11.9. The number of H-pyrrole nitrogens is 1. The lowest BCUT2D eigenvalue weighted by Gasteiger charge is -2.00. The van der Waals surface area contributed by atoms with Crippen molar-refractivity contribution in [2.45, 2.75) is 6.92 Å². The van der Waals surface area contributed by atoms with Crippen molar-refractivity contribution >= 4 is 38.6 Å². The molecule has 3 aromatic rings. The quantitative estimate of drug-likeness (QED) is 0.674. The normalized spacial score (nSPS) is 11.1. The van der Waals surface area contributed by atoms with Gasteiger partial charge in [0, 0.05) is 10.0 Å². The Morgan fingerprint density at radius 2 is 2.06 bits per heavy atom. The summed E-state index contributed by atoms with van der Waals surface area (Å²) in [5, 5.41) is 0.668. The topological polar surface area (TPSA) is 28.7 Å². The van der Waals surface area contributed by atoms with Gasteiger partial charge in [-0.25, -0.2) is 4.98 Å². The lowest BCUT2D eigenvalue weighted by molar-refractivity contribution is 1.32. The summed E-state index contributed by atoms with van der Waals surface area (Å²) < 4.78 is 1.08. The van der Waals surface area contributed by atoms with Crippen LogP contribution in [-0.2, 0) is 0 Å². The molecule has 0 aliphatic rings. The second kappa shape index (κ2) is 4.41. The van der Waals surface area contributed by atoms with Gasteiger partial charge in [0.15, 0.2) is 0 Å². The summed E-state index contributed by atoms with van der Waals surface area (Å²) in [5.41, 5.74) is 4.01. The van der Waals surface area contributed by atoms with Crippen LogP contribution in [0.25, 0.3) is 22.4 Å². The Labute approximate surface area is 118 Å². The summed E-state index contributed by atoms with van der Waals surface area (Å²) in [6.45, 7) is 2.06. The van der Waals surface area contributed by atoms with Crippen molar-refractivity contribution in [2.24, 2.45) is 0 Å². The highest BCUT2D eigenvalue weighted by molar-refractivity contribution is 9.10. The summed E-state index contributed by atoms with van der Waals surface area (Å²) in [4.78, 5) is 7.83. The molecule has 2 aromatic carbocycles. The van der Waals surface area contributed by atoms with E-state index < -0.39 is 0 Å². The number of benzene rings is 2. The smallest absolute Gasteiger partial charge is 0.138 e. The maximum Gasteiger partial charge on any atom is 0.138 e. The number of para-hydroxylation sites is 1. The highest BCUT2D eigenvalue weighted by atomic mass is 79.9. The van der Waals surface area contributed by atoms with Gasteiger partial charge in [-0.05, 0) is 30.7 Å². The van der Waals surface area contributed by atoms with Gasteiger partial charge in [0.25, 0.3) is 0 Å². The van der Waals surface area contributed by atoms with Crippen LogP contribution < -0.4 is 0 Å². The van der Waals surface area contributed by atoms with Gasteiger partial charge in [-0.1, -0.05) is 45.7 Å². The van der Waals surface area contributed by atoms with Crippen LogP contribution in [0.2, 0.25) is 5.02 Å². The predicted octanol–water partition coefficient (Wildman–Crippen LogP) is 4.95. The van der Waals surface area contributed by atoms with Gasteiger partial charge < -0.3 is 4.98 Å². The van der Waals surface area contributed by atoms with E-state index in [4.69, 9.17) is 11.6 Å². The Morgan fingerprint density at radius 3 is 2.78 bits per heavy atom. The number of hydrogen-bond donors (Lipinski definition) is 1. The van der Waals surface area contributed by atoms with Crippen LogP contribution in [0.15, 0.2) is 40.9 Å². The molecule has 0 amide bonds. The number of nitrogens with one attached hydrogen (secondary N) is 1. The maximum atomic E-state index is 6.12. The zero-order chi connectivity index (χ0) is 12.7. The Bertz CT molecular complexity index is 734. The molecule has 1 aromatic heterocycles. The fourth-order valence-corrected chi connectivity index (χ4v) is 2.47. The number of aryl methyl sites for hydroxylation is 1. The Morgan fingerprint density at radius 1 is 1.22 bits per heavy atom. The standard InChI is InChI=1S/C14H10BrClN2/c1-8-5-6-9(7-10(8)15)14-17-12-4-2-3-11(16)13(12)18-14/h2-7H,1H3,(H,17,18). The number of imidazole rings is 1. The molecular weight excluding hydrogens is 312 g/mol. The van der Waals surface area contributed by atoms with Gasteiger partial charge in [0.2, 0.25) is 0 Å². The minimum absolute atomic E-state index is 0.668. The highest BCUT2D eigenvalue weighted by Crippen LogP contribution is 2.28. The highest BCUT2D eigenvalue weighted by Gasteiger charge is 2.08. The molecule has 18 heavy (non-hydrogen) atoms. The van der Waals surface area contributed by atoms with E-state index in [1.807, 2.05) is 24.3 Å². The molecule has 3 rings (SSSR count). The Balaban J connectivity index is 2.19. The molecule has 1 heterocycles. The number of halogens is 2. The van der Waals surface area contributed by atoms with E-state index in [1.54, 1.807) is 0 Å². The van der Waals surface area contributed by atoms with Crippen LogP contribution in [0, 0.1) is 6.92 Å². The van der Waals surface area contributed by atoms with E-state index >= 15 is 0 Å². The van der Waals surface area contributed by atoms with Crippen molar-refractivity contribution in [3.8, 4) is 11.4 Å². The molecule has 0 saturated heterocycles. The van der Waals surface area contributed by atoms with Crippen molar-refractivity contribution in [1.29, 1.82) is 0 Å². The zero-order valence-electron chi connectivity index (χ0n) is 9.67. The zero-order valence-corrected chi connectivity index (χ0v) is 12.0. The Hall–Kier alpha value is -1.32. The van der Waals surface area contributed by atoms with Crippen LogP contribution in [-0.4, -0.2) is 9.97 Å². The second-order valence-electron chi connectivity index (χ2n) is 4.19. The monoisotopic (exact) mass is 320 g/mol. The van der Waals surface area contributed by atoms with Crippen LogP contribution in [0.4, 0.5) is 0 Å². The lowest BCUT2D eigenvalue weighted by atomic mass is 10.1. The third-order valence-corrected chi connectivity index (χ3v) is 4.07. The molecule has 0 radical (unpaired) electrons. The van der Waals surface area contributed by atoms with Gasteiger partial charge >= 0.3 is 0 Å². The molecule has 0 saturated carbocycles. The minimum atomic E-state index is 0.668. The molecular formula is C14H10BrClN2. The molecule has 0 spiro atoms. The molecule has 1 N–H and O–H groups in total. The summed E-state index contributed by atoms with van der Waals surface area (Å²) >= 11 is 9.66. The van der Waals surface area contributed by atoms with Gasteiger partial charge in [-0.2, -0.15) is 0 Å². The van der Waals surface area contributed by atoms with Crippen LogP contribution in [0.5, 0.6) is 0 Å². The summed E-state index contributed by atoms with van der Waals surface area (Å²) in [6.07, 6.45) is 0. The molecule has 4 heteroatoms. The first kappa shape index (κ1) is 11.8. The lowest BCUT2D eigenvalue weighted by Crippen LogP contribution is -1.82. The van der Waals surface area contributed by atoms with Gasteiger partial charge in [-0.3, -0.25) is 0 Å². The molecule has 0 aliphatic carbocycles. The molecule has 0 bridgehead atoms. The maximum absolute atomic E-state index is 6.12. The summed E-state index contributed by atoms with van der Waals surface area (Å²) in [7, 11) is 0. The van der Waals surface area contributed by atoms with Crippen LogP contribution >= 0.6 is 27.5 Å². The molecule has 0 atom stereocenters. The number of rotatable bonds is 1. The van der Waals surface area contributed by atoms with E-state index in [9.17, 15) is 0 Å². The third kappa shape index (κ3) is 1.93. The van der Waals surface area contributed by atoms with Crippen molar-refractivity contribution in [2.75, 3.05) is 0 Å². The number of fused-ring (bicyclic) bond motifs is 1. The van der Waals surface area contributed by atoms with Gasteiger partial charge in [0.1, 0.15) is 11.3 Å². The third-order valence-electron chi connectivity index (χ3n) is 2.91. The number of hydrogen-bond acceptors (Lipinski definition) is 1. The Kier molecular flexibility index (Phi) is 2.88. The van der Waals surface area contributed by atoms with E-state index in [0.717, 1.165) is 26.9 Å². The van der Waals surface area contributed by atoms with E-state index in [2.05, 4.69) is 45.0 Å². The molecule has 90 valence electrons. The van der Waals surface area contributed by atoms with Crippen molar-refractivity contribution in [3.63, 3.8) is 0 Å². The fourth-order valence-electron chi connectivity index (χ4n) is 1.87. The SMILES string of the molecule is Cc1ccc(-c2nc3c(Cl)cccc3[nH]2)cc1Br. The first-order valence-electron chi connectivity index (χ1n) is 5.56. The number of aromatic amines is 1. The van der Waals surface area contributed by atoms with Crippen LogP contribution in [0.1, 0.15) is 5.56 Å². The van der Waals surface area contributed by atoms with Crippen LogP contribution in [0.3, 0.4) is 0 Å². The average Bonchev–Trinajstić information content (AvgIpc) is 2.78. The molecule has 0 aliphatic heterocycles. The number of aromatic nitrogens is 2. The first-order chi connectivity index (χ1) is 8.65. The molecule has 2 nitrogen and oxygen atoms in total.